The molecule has 142 valence electrons. The van der Waals surface area contributed by atoms with Gasteiger partial charge in [0.25, 0.3) is 0 Å². The van der Waals surface area contributed by atoms with Crippen LogP contribution in [-0.4, -0.2) is 46.1 Å². The molecular formula is C21H23ClN2O2S. The predicted molar refractivity (Wildman–Crippen MR) is 108 cm³/mol. The Balaban J connectivity index is 1.61. The zero-order chi connectivity index (χ0) is 19.0. The van der Waals surface area contributed by atoms with Crippen LogP contribution in [0.3, 0.4) is 0 Å². The van der Waals surface area contributed by atoms with Crippen LogP contribution in [0, 0.1) is 0 Å². The molecule has 1 aromatic carbocycles. The Morgan fingerprint density at radius 1 is 1.26 bits per heavy atom. The quantitative estimate of drug-likeness (QED) is 0.713. The number of nitrogens with zero attached hydrogens (tertiary/aromatic N) is 2. The molecule has 4 nitrogen and oxygen atoms in total. The molecule has 0 N–H and O–H groups in total. The molecule has 1 aliphatic carbocycles. The van der Waals surface area contributed by atoms with Gasteiger partial charge in [-0.05, 0) is 48.8 Å². The number of hydrogen-bond donors (Lipinski definition) is 0. The minimum Gasteiger partial charge on any atom is -0.330 e. The Kier molecular flexibility index (Phi) is 5.24. The number of halogens is 1. The highest BCUT2D eigenvalue weighted by Gasteiger charge is 2.38. The van der Waals surface area contributed by atoms with Crippen molar-refractivity contribution in [3.8, 4) is 0 Å². The lowest BCUT2D eigenvalue weighted by Gasteiger charge is -2.37. The first-order valence-corrected chi connectivity index (χ1v) is 10.7. The van der Waals surface area contributed by atoms with E-state index in [0.717, 1.165) is 24.8 Å². The van der Waals surface area contributed by atoms with E-state index in [1.165, 1.54) is 10.4 Å². The third kappa shape index (κ3) is 3.76. The first-order valence-electron chi connectivity index (χ1n) is 9.41. The maximum absolute atomic E-state index is 13.3. The van der Waals surface area contributed by atoms with Crippen LogP contribution in [0.25, 0.3) is 0 Å². The summed E-state index contributed by atoms with van der Waals surface area (Å²) in [6.07, 6.45) is 2.78. The van der Waals surface area contributed by atoms with Crippen molar-refractivity contribution < 1.29 is 9.59 Å². The van der Waals surface area contributed by atoms with Crippen LogP contribution in [0.5, 0.6) is 0 Å². The predicted octanol–water partition coefficient (Wildman–Crippen LogP) is 3.84. The largest absolute Gasteiger partial charge is 0.330 e. The summed E-state index contributed by atoms with van der Waals surface area (Å²) in [4.78, 5) is 30.7. The summed E-state index contributed by atoms with van der Waals surface area (Å²) in [5.74, 6) is -0.143. The van der Waals surface area contributed by atoms with E-state index >= 15 is 0 Å². The fourth-order valence-electron chi connectivity index (χ4n) is 3.82. The highest BCUT2D eigenvalue weighted by Crippen LogP contribution is 2.38. The number of carbonyl (C=O) groups excluding carboxylic acids is 2. The number of benzene rings is 1. The van der Waals surface area contributed by atoms with Crippen molar-refractivity contribution >= 4 is 34.8 Å². The number of alkyl halides is 1. The van der Waals surface area contributed by atoms with E-state index in [0.29, 0.717) is 6.54 Å². The highest BCUT2D eigenvalue weighted by molar-refractivity contribution is 7.10. The van der Waals surface area contributed by atoms with Crippen molar-refractivity contribution in [2.45, 2.75) is 43.6 Å². The molecule has 2 aliphatic rings. The van der Waals surface area contributed by atoms with E-state index in [4.69, 9.17) is 11.6 Å². The molecule has 0 spiro atoms. The first-order chi connectivity index (χ1) is 13.1. The molecule has 2 heterocycles. The molecule has 1 saturated carbocycles. The van der Waals surface area contributed by atoms with Crippen molar-refractivity contribution in [2.75, 3.05) is 13.1 Å². The molecule has 1 aliphatic heterocycles. The maximum Gasteiger partial charge on any atom is 0.243 e. The molecule has 1 fully saturated rings. The lowest BCUT2D eigenvalue weighted by molar-refractivity contribution is -0.141. The van der Waals surface area contributed by atoms with Gasteiger partial charge in [-0.3, -0.25) is 9.59 Å². The van der Waals surface area contributed by atoms with Gasteiger partial charge in [0.05, 0.1) is 6.04 Å². The van der Waals surface area contributed by atoms with Gasteiger partial charge in [-0.2, -0.15) is 0 Å². The van der Waals surface area contributed by atoms with Crippen molar-refractivity contribution in [1.29, 1.82) is 0 Å². The molecule has 2 amide bonds. The fourth-order valence-corrected chi connectivity index (χ4v) is 4.85. The van der Waals surface area contributed by atoms with Crippen molar-refractivity contribution in [1.82, 2.24) is 9.80 Å². The fraction of sp³-hybridized carbons (Fsp3) is 0.429. The van der Waals surface area contributed by atoms with Crippen LogP contribution >= 0.6 is 22.9 Å². The molecule has 0 saturated heterocycles. The van der Waals surface area contributed by atoms with Crippen molar-refractivity contribution in [2.24, 2.45) is 0 Å². The second-order valence-corrected chi connectivity index (χ2v) is 8.92. The van der Waals surface area contributed by atoms with Gasteiger partial charge < -0.3 is 9.80 Å². The topological polar surface area (TPSA) is 40.6 Å². The Hall–Kier alpha value is -1.85. The molecular weight excluding hydrogens is 380 g/mol. The highest BCUT2D eigenvalue weighted by atomic mass is 35.5. The molecule has 2 aromatic rings. The van der Waals surface area contributed by atoms with Crippen LogP contribution in [0.15, 0.2) is 41.8 Å². The summed E-state index contributed by atoms with van der Waals surface area (Å²) >= 11 is 7.78. The molecule has 2 atom stereocenters. The average molecular weight is 403 g/mol. The van der Waals surface area contributed by atoms with Gasteiger partial charge in [0.1, 0.15) is 11.9 Å². The third-order valence-corrected chi connectivity index (χ3v) is 6.50. The Morgan fingerprint density at radius 2 is 2.00 bits per heavy atom. The van der Waals surface area contributed by atoms with Crippen LogP contribution in [0.2, 0.25) is 0 Å². The van der Waals surface area contributed by atoms with Gasteiger partial charge in [0.15, 0.2) is 0 Å². The molecule has 1 aromatic heterocycles. The number of carbonyl (C=O) groups is 2. The van der Waals surface area contributed by atoms with Gasteiger partial charge in [0.2, 0.25) is 11.8 Å². The van der Waals surface area contributed by atoms with Crippen LogP contribution < -0.4 is 0 Å². The Morgan fingerprint density at radius 3 is 2.67 bits per heavy atom. The van der Waals surface area contributed by atoms with E-state index < -0.39 is 5.38 Å². The van der Waals surface area contributed by atoms with Crippen LogP contribution in [0.4, 0.5) is 0 Å². The SMILES string of the molecule is C[C@@H](Cl)C(=O)N(CC(=O)N1CCc2sccc2[C@H]1c1ccccc1)C1CC1. The monoisotopic (exact) mass is 402 g/mol. The minimum atomic E-state index is -0.604. The maximum atomic E-state index is 13.3. The molecule has 0 bridgehead atoms. The van der Waals surface area contributed by atoms with Crippen molar-refractivity contribution in [3.63, 3.8) is 0 Å². The van der Waals surface area contributed by atoms with Crippen molar-refractivity contribution in [3.05, 3.63) is 57.8 Å². The van der Waals surface area contributed by atoms with E-state index in [1.807, 2.05) is 23.1 Å². The Labute approximate surface area is 168 Å². The summed E-state index contributed by atoms with van der Waals surface area (Å²) in [6, 6.07) is 12.4. The van der Waals surface area contributed by atoms with E-state index in [-0.39, 0.29) is 30.4 Å². The number of thiophene rings is 1. The van der Waals surface area contributed by atoms with E-state index in [1.54, 1.807) is 23.2 Å². The Bertz CT molecular complexity index is 832. The summed E-state index contributed by atoms with van der Waals surface area (Å²) in [5, 5.41) is 1.50. The second-order valence-electron chi connectivity index (χ2n) is 7.26. The molecule has 6 heteroatoms. The first kappa shape index (κ1) is 18.5. The smallest absolute Gasteiger partial charge is 0.243 e. The van der Waals surface area contributed by atoms with Gasteiger partial charge in [-0.25, -0.2) is 0 Å². The lowest BCUT2D eigenvalue weighted by atomic mass is 9.93. The van der Waals surface area contributed by atoms with Crippen LogP contribution in [-0.2, 0) is 16.0 Å². The number of fused-ring (bicyclic) bond motifs is 1. The number of hydrogen-bond acceptors (Lipinski definition) is 3. The van der Waals surface area contributed by atoms with E-state index in [9.17, 15) is 9.59 Å². The van der Waals surface area contributed by atoms with Gasteiger partial charge >= 0.3 is 0 Å². The number of amides is 2. The van der Waals surface area contributed by atoms with Gasteiger partial charge in [-0.15, -0.1) is 22.9 Å². The van der Waals surface area contributed by atoms with E-state index in [2.05, 4.69) is 23.6 Å². The molecule has 0 unspecified atom stereocenters. The van der Waals surface area contributed by atoms with Gasteiger partial charge in [-0.1, -0.05) is 30.3 Å². The minimum absolute atomic E-state index is 0.00160. The molecule has 27 heavy (non-hydrogen) atoms. The zero-order valence-electron chi connectivity index (χ0n) is 15.3. The summed E-state index contributed by atoms with van der Waals surface area (Å²) < 4.78 is 0. The molecule has 0 radical (unpaired) electrons. The summed E-state index contributed by atoms with van der Waals surface area (Å²) in [5.41, 5.74) is 2.32. The standard InChI is InChI=1S/C21H23ClN2O2S/c1-14(22)21(26)24(16-7-8-16)13-19(25)23-11-9-18-17(10-12-27-18)20(23)15-5-3-2-4-6-15/h2-6,10,12,14,16,20H,7-9,11,13H2,1H3/t14-,20-/m1/s1. The third-order valence-electron chi connectivity index (χ3n) is 5.32. The zero-order valence-corrected chi connectivity index (χ0v) is 16.9. The summed E-state index contributed by atoms with van der Waals surface area (Å²) in [7, 11) is 0. The average Bonchev–Trinajstić information content (AvgIpc) is 3.41. The van der Waals surface area contributed by atoms with Crippen LogP contribution in [0.1, 0.15) is 41.8 Å². The lowest BCUT2D eigenvalue weighted by Crippen LogP contribution is -2.48. The molecule has 4 rings (SSSR count). The van der Waals surface area contributed by atoms with Gasteiger partial charge in [0, 0.05) is 17.5 Å². The second kappa shape index (κ2) is 7.64. The normalized spacial score (nSPS) is 20.1. The summed E-state index contributed by atoms with van der Waals surface area (Å²) in [6.45, 7) is 2.47. The number of rotatable bonds is 5.